The van der Waals surface area contributed by atoms with Crippen LogP contribution in [-0.4, -0.2) is 23.9 Å². The normalized spacial score (nSPS) is 10.6. The summed E-state index contributed by atoms with van der Waals surface area (Å²) in [5.74, 6) is 0.989. The second-order valence-corrected chi connectivity index (χ2v) is 4.04. The highest BCUT2D eigenvalue weighted by Gasteiger charge is 2.12. The standard InChI is InChI=1S/C13H20N2O/c1-5-12(6-2)15(4)13-8-7-11(9-14-13)10(3)16/h7-9,12H,5-6H2,1-4H3. The average Bonchev–Trinajstić information content (AvgIpc) is 2.30. The van der Waals surface area contributed by atoms with Crippen molar-refractivity contribution in [2.24, 2.45) is 0 Å². The number of nitrogens with zero attached hydrogens (tertiary/aromatic N) is 2. The van der Waals surface area contributed by atoms with Crippen molar-refractivity contribution in [2.75, 3.05) is 11.9 Å². The Morgan fingerprint density at radius 1 is 1.38 bits per heavy atom. The smallest absolute Gasteiger partial charge is 0.161 e. The first-order valence-electron chi connectivity index (χ1n) is 5.80. The van der Waals surface area contributed by atoms with E-state index < -0.39 is 0 Å². The molecule has 1 rings (SSSR count). The van der Waals surface area contributed by atoms with Crippen LogP contribution < -0.4 is 4.90 Å². The minimum Gasteiger partial charge on any atom is -0.357 e. The van der Waals surface area contributed by atoms with Gasteiger partial charge in [-0.25, -0.2) is 4.98 Å². The Kier molecular flexibility index (Phi) is 4.47. The second-order valence-electron chi connectivity index (χ2n) is 4.04. The van der Waals surface area contributed by atoms with Gasteiger partial charge in [0.25, 0.3) is 0 Å². The van der Waals surface area contributed by atoms with Crippen LogP contribution >= 0.6 is 0 Å². The van der Waals surface area contributed by atoms with E-state index in [9.17, 15) is 4.79 Å². The van der Waals surface area contributed by atoms with Gasteiger partial charge in [-0.2, -0.15) is 0 Å². The zero-order chi connectivity index (χ0) is 12.1. The fourth-order valence-corrected chi connectivity index (χ4v) is 1.83. The number of ketones is 1. The van der Waals surface area contributed by atoms with Crippen LogP contribution in [0.15, 0.2) is 18.3 Å². The summed E-state index contributed by atoms with van der Waals surface area (Å²) in [6.07, 6.45) is 3.85. The lowest BCUT2D eigenvalue weighted by molar-refractivity contribution is 0.101. The Hall–Kier alpha value is -1.38. The zero-order valence-electron chi connectivity index (χ0n) is 10.5. The van der Waals surface area contributed by atoms with Crippen LogP contribution in [0.25, 0.3) is 0 Å². The van der Waals surface area contributed by atoms with Crippen molar-refractivity contribution < 1.29 is 4.79 Å². The maximum Gasteiger partial charge on any atom is 0.161 e. The summed E-state index contributed by atoms with van der Waals surface area (Å²) in [7, 11) is 2.05. The van der Waals surface area contributed by atoms with Crippen LogP contribution in [0.3, 0.4) is 0 Å². The molecule has 0 saturated carbocycles. The number of carbonyl (C=O) groups excluding carboxylic acids is 1. The number of hydrogen-bond donors (Lipinski definition) is 0. The van der Waals surface area contributed by atoms with Crippen LogP contribution in [0.1, 0.15) is 44.0 Å². The summed E-state index contributed by atoms with van der Waals surface area (Å²) in [5, 5.41) is 0. The molecule has 1 aromatic rings. The molecule has 3 nitrogen and oxygen atoms in total. The van der Waals surface area contributed by atoms with Gasteiger partial charge in [0.05, 0.1) is 0 Å². The molecule has 0 aliphatic carbocycles. The first-order valence-corrected chi connectivity index (χ1v) is 5.80. The molecule has 0 saturated heterocycles. The molecule has 1 heterocycles. The first-order chi connectivity index (χ1) is 7.60. The Morgan fingerprint density at radius 3 is 2.38 bits per heavy atom. The number of carbonyl (C=O) groups is 1. The summed E-state index contributed by atoms with van der Waals surface area (Å²) >= 11 is 0. The number of hydrogen-bond acceptors (Lipinski definition) is 3. The van der Waals surface area contributed by atoms with Gasteiger partial charge in [-0.1, -0.05) is 13.8 Å². The van der Waals surface area contributed by atoms with Crippen LogP contribution in [-0.2, 0) is 0 Å². The van der Waals surface area contributed by atoms with E-state index in [1.807, 2.05) is 19.2 Å². The third kappa shape index (κ3) is 2.81. The molecule has 0 spiro atoms. The number of rotatable bonds is 5. The minimum absolute atomic E-state index is 0.0595. The summed E-state index contributed by atoms with van der Waals surface area (Å²) in [5.41, 5.74) is 0.668. The molecule has 16 heavy (non-hydrogen) atoms. The first kappa shape index (κ1) is 12.7. The molecule has 0 unspecified atom stereocenters. The van der Waals surface area contributed by atoms with Crippen molar-refractivity contribution in [2.45, 2.75) is 39.7 Å². The van der Waals surface area contributed by atoms with Gasteiger partial charge >= 0.3 is 0 Å². The number of anilines is 1. The summed E-state index contributed by atoms with van der Waals surface area (Å²) in [6.45, 7) is 5.91. The van der Waals surface area contributed by atoms with Gasteiger partial charge in [0.15, 0.2) is 5.78 Å². The molecule has 0 aliphatic heterocycles. The van der Waals surface area contributed by atoms with Gasteiger partial charge in [0, 0.05) is 24.8 Å². The van der Waals surface area contributed by atoms with E-state index >= 15 is 0 Å². The van der Waals surface area contributed by atoms with E-state index in [1.165, 1.54) is 0 Å². The Bertz CT molecular complexity index is 341. The van der Waals surface area contributed by atoms with Crippen molar-refractivity contribution in [1.29, 1.82) is 0 Å². The molecular weight excluding hydrogens is 200 g/mol. The third-order valence-electron chi connectivity index (χ3n) is 3.01. The van der Waals surface area contributed by atoms with Gasteiger partial charge in [-0.3, -0.25) is 4.79 Å². The fraction of sp³-hybridized carbons (Fsp3) is 0.538. The lowest BCUT2D eigenvalue weighted by Gasteiger charge is -2.27. The van der Waals surface area contributed by atoms with Gasteiger partial charge in [-0.15, -0.1) is 0 Å². The van der Waals surface area contributed by atoms with E-state index in [-0.39, 0.29) is 5.78 Å². The second kappa shape index (κ2) is 5.64. The number of aromatic nitrogens is 1. The lowest BCUT2D eigenvalue weighted by atomic mass is 10.1. The van der Waals surface area contributed by atoms with Gasteiger partial charge in [-0.05, 0) is 31.9 Å². The average molecular weight is 220 g/mol. The summed E-state index contributed by atoms with van der Waals surface area (Å²) < 4.78 is 0. The highest BCUT2D eigenvalue weighted by Crippen LogP contribution is 2.16. The quantitative estimate of drug-likeness (QED) is 0.715. The molecule has 0 N–H and O–H groups in total. The van der Waals surface area contributed by atoms with E-state index in [2.05, 4.69) is 23.7 Å². The van der Waals surface area contributed by atoms with Crippen molar-refractivity contribution in [1.82, 2.24) is 4.98 Å². The molecule has 0 amide bonds. The summed E-state index contributed by atoms with van der Waals surface area (Å²) in [6, 6.07) is 4.26. The Labute approximate surface area is 97.5 Å². The van der Waals surface area contributed by atoms with E-state index in [1.54, 1.807) is 13.1 Å². The fourth-order valence-electron chi connectivity index (χ4n) is 1.83. The van der Waals surface area contributed by atoms with Crippen molar-refractivity contribution in [3.05, 3.63) is 23.9 Å². The van der Waals surface area contributed by atoms with Gasteiger partial charge in [0.1, 0.15) is 5.82 Å². The van der Waals surface area contributed by atoms with Crippen LogP contribution in [0.2, 0.25) is 0 Å². The van der Waals surface area contributed by atoms with Gasteiger partial charge in [0.2, 0.25) is 0 Å². The molecule has 0 radical (unpaired) electrons. The SMILES string of the molecule is CCC(CC)N(C)c1ccc(C(C)=O)cn1. The maximum absolute atomic E-state index is 11.1. The van der Waals surface area contributed by atoms with E-state index in [4.69, 9.17) is 0 Å². The highest BCUT2D eigenvalue weighted by molar-refractivity contribution is 5.93. The topological polar surface area (TPSA) is 33.2 Å². The molecule has 0 atom stereocenters. The van der Waals surface area contributed by atoms with Crippen molar-refractivity contribution >= 4 is 11.6 Å². The molecule has 1 aromatic heterocycles. The van der Waals surface area contributed by atoms with Crippen LogP contribution in [0, 0.1) is 0 Å². The predicted octanol–water partition coefficient (Wildman–Crippen LogP) is 2.91. The molecule has 3 heteroatoms. The summed E-state index contributed by atoms with van der Waals surface area (Å²) in [4.78, 5) is 17.6. The van der Waals surface area contributed by atoms with E-state index in [0.717, 1.165) is 18.7 Å². The minimum atomic E-state index is 0.0595. The van der Waals surface area contributed by atoms with Crippen molar-refractivity contribution in [3.63, 3.8) is 0 Å². The van der Waals surface area contributed by atoms with Gasteiger partial charge < -0.3 is 4.90 Å². The Morgan fingerprint density at radius 2 is 2.00 bits per heavy atom. The van der Waals surface area contributed by atoms with Crippen molar-refractivity contribution in [3.8, 4) is 0 Å². The molecule has 0 aromatic carbocycles. The Balaban J connectivity index is 2.84. The van der Waals surface area contributed by atoms with Crippen LogP contribution in [0.4, 0.5) is 5.82 Å². The molecule has 88 valence electrons. The molecular formula is C13H20N2O. The highest BCUT2D eigenvalue weighted by atomic mass is 16.1. The van der Waals surface area contributed by atoms with E-state index in [0.29, 0.717) is 11.6 Å². The molecule has 0 bridgehead atoms. The lowest BCUT2D eigenvalue weighted by Crippen LogP contribution is -2.30. The molecule has 0 fully saturated rings. The predicted molar refractivity (Wildman–Crippen MR) is 67.0 cm³/mol. The molecule has 0 aliphatic rings. The third-order valence-corrected chi connectivity index (χ3v) is 3.01. The van der Waals surface area contributed by atoms with Crippen LogP contribution in [0.5, 0.6) is 0 Å². The monoisotopic (exact) mass is 220 g/mol. The number of Topliss-reactive ketones (excluding diaryl/α,β-unsaturated/α-hetero) is 1. The zero-order valence-corrected chi connectivity index (χ0v) is 10.5. The largest absolute Gasteiger partial charge is 0.357 e. The maximum atomic E-state index is 11.1. The number of pyridine rings is 1.